The third-order valence-corrected chi connectivity index (χ3v) is 4.88. The predicted molar refractivity (Wildman–Crippen MR) is 113 cm³/mol. The molecule has 3 heterocycles. The van der Waals surface area contributed by atoms with Crippen LogP contribution in [0.1, 0.15) is 21.8 Å². The van der Waals surface area contributed by atoms with Crippen LogP contribution < -0.4 is 10.6 Å². The lowest BCUT2D eigenvalue weighted by Crippen LogP contribution is -2.40. The Bertz CT molecular complexity index is 1180. The lowest BCUT2D eigenvalue weighted by Gasteiger charge is -2.11. The van der Waals surface area contributed by atoms with Gasteiger partial charge in [0.1, 0.15) is 5.65 Å². The number of aryl methyl sites for hydroxylation is 2. The maximum absolute atomic E-state index is 12.0. The van der Waals surface area contributed by atoms with Crippen LogP contribution in [0.15, 0.2) is 53.1 Å². The zero-order chi connectivity index (χ0) is 19.7. The summed E-state index contributed by atoms with van der Waals surface area (Å²) in [6.45, 7) is 5.34. The molecule has 0 saturated heterocycles. The van der Waals surface area contributed by atoms with Gasteiger partial charge in [0.2, 0.25) is 0 Å². The van der Waals surface area contributed by atoms with Crippen molar-refractivity contribution in [1.29, 1.82) is 0 Å². The van der Waals surface area contributed by atoms with Gasteiger partial charge in [-0.05, 0) is 55.9 Å². The molecule has 0 aliphatic carbocycles. The number of amides is 1. The summed E-state index contributed by atoms with van der Waals surface area (Å²) in [5.41, 5.74) is 4.30. The molecule has 0 aliphatic heterocycles. The molecular weight excluding hydrogens is 372 g/mol. The van der Waals surface area contributed by atoms with Gasteiger partial charge in [0.25, 0.3) is 5.91 Å². The van der Waals surface area contributed by atoms with Crippen molar-refractivity contribution in [2.24, 2.45) is 0 Å². The van der Waals surface area contributed by atoms with E-state index >= 15 is 0 Å². The van der Waals surface area contributed by atoms with E-state index in [0.717, 1.165) is 16.9 Å². The Balaban J connectivity index is 1.53. The third kappa shape index (κ3) is 3.36. The molecule has 4 rings (SSSR count). The number of carbonyl (C=O) groups is 1. The Morgan fingerprint density at radius 1 is 1.21 bits per heavy atom. The van der Waals surface area contributed by atoms with E-state index in [0.29, 0.717) is 13.1 Å². The van der Waals surface area contributed by atoms with E-state index in [9.17, 15) is 4.79 Å². The number of nitrogens with one attached hydrogen (secondary N) is 2. The first-order chi connectivity index (χ1) is 13.5. The highest BCUT2D eigenvalue weighted by atomic mass is 32.1. The van der Waals surface area contributed by atoms with Crippen molar-refractivity contribution in [1.82, 2.24) is 20.2 Å². The third-order valence-electron chi connectivity index (χ3n) is 4.64. The first-order valence-electron chi connectivity index (χ1n) is 9.02. The quantitative estimate of drug-likeness (QED) is 0.518. The summed E-state index contributed by atoms with van der Waals surface area (Å²) in [7, 11) is 0. The second-order valence-electron chi connectivity index (χ2n) is 6.64. The van der Waals surface area contributed by atoms with Crippen molar-refractivity contribution in [3.63, 3.8) is 0 Å². The van der Waals surface area contributed by atoms with Crippen LogP contribution in [0.5, 0.6) is 0 Å². The van der Waals surface area contributed by atoms with Crippen LogP contribution in [0.25, 0.3) is 21.9 Å². The predicted octanol–water partition coefficient (Wildman–Crippen LogP) is 3.70. The van der Waals surface area contributed by atoms with Gasteiger partial charge < -0.3 is 14.3 Å². The Morgan fingerprint density at radius 3 is 2.82 bits per heavy atom. The number of carbonyl (C=O) groups excluding carboxylic acids is 1. The Hall–Kier alpha value is -3.19. The van der Waals surface area contributed by atoms with Crippen LogP contribution in [-0.2, 0) is 6.54 Å². The highest BCUT2D eigenvalue weighted by molar-refractivity contribution is 7.80. The highest BCUT2D eigenvalue weighted by Crippen LogP contribution is 2.30. The molecule has 6 nitrogen and oxygen atoms in total. The van der Waals surface area contributed by atoms with Gasteiger partial charge in [-0.15, -0.1) is 0 Å². The largest absolute Gasteiger partial charge is 0.459 e. The molecule has 0 bridgehead atoms. The molecule has 7 heteroatoms. The molecule has 3 aromatic heterocycles. The van der Waals surface area contributed by atoms with Crippen molar-refractivity contribution in [2.75, 3.05) is 6.54 Å². The molecule has 0 unspecified atom stereocenters. The summed E-state index contributed by atoms with van der Waals surface area (Å²) >= 11 is 5.22. The van der Waals surface area contributed by atoms with Gasteiger partial charge in [-0.2, -0.15) is 0 Å². The van der Waals surface area contributed by atoms with E-state index in [1.165, 1.54) is 22.6 Å². The molecule has 28 heavy (non-hydrogen) atoms. The fraction of sp³-hybridized carbons (Fsp3) is 0.190. The fourth-order valence-corrected chi connectivity index (χ4v) is 3.70. The number of thiocarbonyl (C=S) groups is 1. The summed E-state index contributed by atoms with van der Waals surface area (Å²) < 4.78 is 7.26. The second kappa shape index (κ2) is 7.44. The Kier molecular flexibility index (Phi) is 4.83. The van der Waals surface area contributed by atoms with Gasteiger partial charge in [-0.25, -0.2) is 4.98 Å². The van der Waals surface area contributed by atoms with E-state index in [1.54, 1.807) is 12.1 Å². The summed E-state index contributed by atoms with van der Waals surface area (Å²) in [5, 5.41) is 8.33. The molecule has 1 amide bonds. The van der Waals surface area contributed by atoms with Crippen molar-refractivity contribution in [3.8, 4) is 0 Å². The van der Waals surface area contributed by atoms with Crippen molar-refractivity contribution < 1.29 is 9.21 Å². The smallest absolute Gasteiger partial charge is 0.293 e. The minimum Gasteiger partial charge on any atom is -0.459 e. The number of hydrogen-bond acceptors (Lipinski definition) is 4. The van der Waals surface area contributed by atoms with E-state index in [2.05, 4.69) is 40.3 Å². The summed E-state index contributed by atoms with van der Waals surface area (Å²) in [6.07, 6.45) is 1.45. The number of hydrogen-bond donors (Lipinski definition) is 2. The SMILES string of the molecule is Cc1cc(C)c2c3ccccc3n(CCNC(=S)NC(=O)c3ccco3)c2n1. The first-order valence-corrected chi connectivity index (χ1v) is 9.43. The van der Waals surface area contributed by atoms with Gasteiger partial charge >= 0.3 is 0 Å². The van der Waals surface area contributed by atoms with E-state index in [1.807, 2.05) is 19.1 Å². The number of furan rings is 1. The van der Waals surface area contributed by atoms with E-state index in [-0.39, 0.29) is 16.8 Å². The topological polar surface area (TPSA) is 72.1 Å². The van der Waals surface area contributed by atoms with Gasteiger partial charge in [0, 0.05) is 29.6 Å². The molecule has 0 atom stereocenters. The van der Waals surface area contributed by atoms with Crippen LogP contribution in [0.3, 0.4) is 0 Å². The molecule has 2 N–H and O–H groups in total. The Morgan fingerprint density at radius 2 is 2.04 bits per heavy atom. The van der Waals surface area contributed by atoms with Crippen LogP contribution in [0.4, 0.5) is 0 Å². The fourth-order valence-electron chi connectivity index (χ4n) is 3.50. The van der Waals surface area contributed by atoms with Crippen molar-refractivity contribution in [2.45, 2.75) is 20.4 Å². The van der Waals surface area contributed by atoms with Crippen LogP contribution in [0.2, 0.25) is 0 Å². The minimum absolute atomic E-state index is 0.224. The second-order valence-corrected chi connectivity index (χ2v) is 7.04. The van der Waals surface area contributed by atoms with Gasteiger partial charge in [-0.3, -0.25) is 10.1 Å². The van der Waals surface area contributed by atoms with E-state index < -0.39 is 0 Å². The summed E-state index contributed by atoms with van der Waals surface area (Å²) in [4.78, 5) is 16.8. The molecule has 1 aromatic carbocycles. The normalized spacial score (nSPS) is 11.1. The number of pyridine rings is 1. The number of rotatable bonds is 4. The monoisotopic (exact) mass is 392 g/mol. The van der Waals surface area contributed by atoms with Crippen molar-refractivity contribution >= 4 is 45.2 Å². The van der Waals surface area contributed by atoms with Gasteiger partial charge in [0.05, 0.1) is 11.8 Å². The standard InChI is InChI=1S/C21H20N4O2S/c1-13-12-14(2)23-19-18(13)15-6-3-4-7-16(15)25(19)10-9-22-21(28)24-20(26)17-8-5-11-27-17/h3-8,11-12H,9-10H2,1-2H3,(H2,22,24,26,28). The van der Waals surface area contributed by atoms with Gasteiger partial charge in [0.15, 0.2) is 10.9 Å². The Labute approximate surface area is 167 Å². The van der Waals surface area contributed by atoms with Crippen molar-refractivity contribution in [3.05, 3.63) is 65.7 Å². The maximum atomic E-state index is 12.0. The van der Waals surface area contributed by atoms with Gasteiger partial charge in [-0.1, -0.05) is 18.2 Å². The highest BCUT2D eigenvalue weighted by Gasteiger charge is 2.14. The average Bonchev–Trinajstić information content (AvgIpc) is 3.29. The van der Waals surface area contributed by atoms with Crippen LogP contribution in [0, 0.1) is 13.8 Å². The molecule has 0 radical (unpaired) electrons. The van der Waals surface area contributed by atoms with Crippen LogP contribution in [-0.4, -0.2) is 27.1 Å². The minimum atomic E-state index is -0.368. The van der Waals surface area contributed by atoms with E-state index in [4.69, 9.17) is 21.6 Å². The maximum Gasteiger partial charge on any atom is 0.293 e. The molecular formula is C21H20N4O2S. The molecule has 4 aromatic rings. The molecule has 0 saturated carbocycles. The lowest BCUT2D eigenvalue weighted by atomic mass is 10.1. The zero-order valence-corrected chi connectivity index (χ0v) is 16.5. The number of fused-ring (bicyclic) bond motifs is 3. The number of aromatic nitrogens is 2. The average molecular weight is 392 g/mol. The molecule has 0 spiro atoms. The first kappa shape index (κ1) is 18.2. The molecule has 142 valence electrons. The summed E-state index contributed by atoms with van der Waals surface area (Å²) in [6, 6.07) is 13.7. The molecule has 0 aliphatic rings. The number of benzene rings is 1. The summed E-state index contributed by atoms with van der Waals surface area (Å²) in [5.74, 6) is -0.144. The lowest BCUT2D eigenvalue weighted by molar-refractivity contribution is 0.0949. The van der Waals surface area contributed by atoms with Crippen LogP contribution >= 0.6 is 12.2 Å². The number of nitrogens with zero attached hydrogens (tertiary/aromatic N) is 2. The molecule has 0 fully saturated rings. The number of para-hydroxylation sites is 1. The zero-order valence-electron chi connectivity index (χ0n) is 15.7.